The first-order valence-electron chi connectivity index (χ1n) is 6.13. The normalized spacial score (nSPS) is 15.4. The molecule has 1 saturated heterocycles. The van der Waals surface area contributed by atoms with E-state index in [9.17, 15) is 9.18 Å². The Hall–Kier alpha value is -1.69. The highest BCUT2D eigenvalue weighted by Crippen LogP contribution is 2.20. The average Bonchev–Trinajstić information content (AvgIpc) is 2.39. The predicted molar refractivity (Wildman–Crippen MR) is 76.6 cm³/mol. The quantitative estimate of drug-likeness (QED) is 0.845. The molecule has 1 amide bonds. The van der Waals surface area contributed by atoms with Gasteiger partial charge in [-0.3, -0.25) is 4.79 Å². The minimum absolute atomic E-state index is 0.0549. The molecule has 102 valence electrons. The molecule has 1 aromatic rings. The van der Waals surface area contributed by atoms with Gasteiger partial charge in [-0.25, -0.2) is 4.39 Å². The van der Waals surface area contributed by atoms with E-state index in [-0.39, 0.29) is 23.1 Å². The molecule has 19 heavy (non-hydrogen) atoms. The van der Waals surface area contributed by atoms with Gasteiger partial charge < -0.3 is 15.5 Å². The van der Waals surface area contributed by atoms with Gasteiger partial charge in [-0.1, -0.05) is 24.4 Å². The lowest BCUT2D eigenvalue weighted by Gasteiger charge is -2.36. The topological polar surface area (TPSA) is 49.6 Å². The maximum Gasteiger partial charge on any atom is 0.229 e. The van der Waals surface area contributed by atoms with Gasteiger partial charge in [0.05, 0.1) is 17.1 Å². The third kappa shape index (κ3) is 3.41. The van der Waals surface area contributed by atoms with Crippen molar-refractivity contribution in [3.63, 3.8) is 0 Å². The van der Waals surface area contributed by atoms with E-state index in [1.165, 1.54) is 6.07 Å². The molecule has 1 fully saturated rings. The van der Waals surface area contributed by atoms with E-state index >= 15 is 0 Å². The summed E-state index contributed by atoms with van der Waals surface area (Å²) < 4.78 is 13.6. The van der Waals surface area contributed by atoms with Crippen LogP contribution in [0.1, 0.15) is 6.42 Å². The number of hydrogen-bond acceptors (Lipinski definition) is 3. The molecule has 2 N–H and O–H groups in total. The van der Waals surface area contributed by atoms with Crippen molar-refractivity contribution in [1.29, 1.82) is 0 Å². The Labute approximate surface area is 117 Å². The Morgan fingerprint density at radius 3 is 2.47 bits per heavy atom. The minimum Gasteiger partial charge on any atom is -0.393 e. The average molecular weight is 281 g/mol. The van der Waals surface area contributed by atoms with Crippen LogP contribution in [0, 0.1) is 5.82 Å². The van der Waals surface area contributed by atoms with Gasteiger partial charge in [0.1, 0.15) is 5.82 Å². The number of anilines is 1. The number of rotatable bonds is 3. The fraction of sp³-hybridized carbons (Fsp3) is 0.385. The van der Waals surface area contributed by atoms with Crippen molar-refractivity contribution in [3.05, 3.63) is 30.1 Å². The van der Waals surface area contributed by atoms with Gasteiger partial charge in [0.25, 0.3) is 0 Å². The summed E-state index contributed by atoms with van der Waals surface area (Å²) in [6, 6.07) is 6.67. The molecular weight excluding hydrogens is 265 g/mol. The van der Waals surface area contributed by atoms with Crippen LogP contribution in [0.25, 0.3) is 0 Å². The van der Waals surface area contributed by atoms with Crippen LogP contribution in [0.2, 0.25) is 0 Å². The number of amides is 1. The van der Waals surface area contributed by atoms with Gasteiger partial charge in [0, 0.05) is 26.2 Å². The highest BCUT2D eigenvalue weighted by molar-refractivity contribution is 7.80. The fourth-order valence-corrected chi connectivity index (χ4v) is 2.29. The van der Waals surface area contributed by atoms with E-state index in [4.69, 9.17) is 18.0 Å². The summed E-state index contributed by atoms with van der Waals surface area (Å²) in [5, 5.41) is 0. The third-order valence-electron chi connectivity index (χ3n) is 3.15. The molecule has 1 heterocycles. The molecule has 4 nitrogen and oxygen atoms in total. The first-order chi connectivity index (χ1) is 9.08. The van der Waals surface area contributed by atoms with Gasteiger partial charge in [0.15, 0.2) is 0 Å². The Kier molecular flexibility index (Phi) is 4.31. The molecule has 0 radical (unpaired) electrons. The lowest BCUT2D eigenvalue weighted by Crippen LogP contribution is -2.49. The van der Waals surface area contributed by atoms with E-state index in [0.717, 1.165) is 0 Å². The highest BCUT2D eigenvalue weighted by Gasteiger charge is 2.22. The second kappa shape index (κ2) is 5.97. The summed E-state index contributed by atoms with van der Waals surface area (Å²) >= 11 is 4.73. The van der Waals surface area contributed by atoms with Crippen LogP contribution in [0.15, 0.2) is 24.3 Å². The first-order valence-corrected chi connectivity index (χ1v) is 6.54. The molecular formula is C13H16FN3OS. The van der Waals surface area contributed by atoms with E-state index in [2.05, 4.69) is 0 Å². The zero-order chi connectivity index (χ0) is 13.8. The Morgan fingerprint density at radius 1 is 1.26 bits per heavy atom. The summed E-state index contributed by atoms with van der Waals surface area (Å²) in [5.74, 6) is -0.286. The van der Waals surface area contributed by atoms with E-state index < -0.39 is 0 Å². The van der Waals surface area contributed by atoms with Crippen molar-refractivity contribution in [1.82, 2.24) is 4.90 Å². The predicted octanol–water partition coefficient (Wildman–Crippen LogP) is 1.15. The van der Waals surface area contributed by atoms with Gasteiger partial charge >= 0.3 is 0 Å². The summed E-state index contributed by atoms with van der Waals surface area (Å²) in [6.45, 7) is 2.36. The van der Waals surface area contributed by atoms with Crippen LogP contribution in [-0.4, -0.2) is 42.0 Å². The number of benzene rings is 1. The van der Waals surface area contributed by atoms with E-state index in [0.29, 0.717) is 31.9 Å². The van der Waals surface area contributed by atoms with Crippen LogP contribution in [0.5, 0.6) is 0 Å². The molecule has 0 atom stereocenters. The maximum absolute atomic E-state index is 13.6. The summed E-state index contributed by atoms with van der Waals surface area (Å²) in [4.78, 5) is 15.7. The number of nitrogens with zero attached hydrogens (tertiary/aromatic N) is 2. The molecule has 0 bridgehead atoms. The van der Waals surface area contributed by atoms with Gasteiger partial charge in [-0.15, -0.1) is 0 Å². The van der Waals surface area contributed by atoms with E-state index in [1.54, 1.807) is 17.0 Å². The largest absolute Gasteiger partial charge is 0.393 e. The standard InChI is InChI=1S/C13H16FN3OS/c14-10-3-1-2-4-11(10)16-5-7-17(8-6-16)13(18)9-12(15)19/h1-4H,5-9H2,(H2,15,19). The van der Waals surface area contributed by atoms with Gasteiger partial charge in [0.2, 0.25) is 5.91 Å². The second-order valence-corrected chi connectivity index (χ2v) is 4.99. The monoisotopic (exact) mass is 281 g/mol. The number of para-hydroxylation sites is 1. The van der Waals surface area contributed by atoms with Crippen LogP contribution < -0.4 is 10.6 Å². The van der Waals surface area contributed by atoms with Crippen LogP contribution >= 0.6 is 12.2 Å². The molecule has 1 aliphatic heterocycles. The molecule has 2 rings (SSSR count). The molecule has 0 unspecified atom stereocenters. The number of halogens is 1. The van der Waals surface area contributed by atoms with Crippen LogP contribution in [0.4, 0.5) is 10.1 Å². The lowest BCUT2D eigenvalue weighted by atomic mass is 10.2. The molecule has 1 aliphatic rings. The zero-order valence-electron chi connectivity index (χ0n) is 10.5. The molecule has 6 heteroatoms. The Morgan fingerprint density at radius 2 is 1.89 bits per heavy atom. The summed E-state index contributed by atoms with van der Waals surface area (Å²) in [6.07, 6.45) is 0.106. The molecule has 1 aromatic carbocycles. The number of carbonyl (C=O) groups is 1. The van der Waals surface area contributed by atoms with Crippen molar-refractivity contribution in [3.8, 4) is 0 Å². The highest BCUT2D eigenvalue weighted by atomic mass is 32.1. The van der Waals surface area contributed by atoms with Gasteiger partial charge in [-0.05, 0) is 12.1 Å². The maximum atomic E-state index is 13.6. The van der Waals surface area contributed by atoms with Gasteiger partial charge in [-0.2, -0.15) is 0 Å². The summed E-state index contributed by atoms with van der Waals surface area (Å²) in [5.41, 5.74) is 5.95. The van der Waals surface area contributed by atoms with Crippen molar-refractivity contribution in [2.24, 2.45) is 5.73 Å². The fourth-order valence-electron chi connectivity index (χ4n) is 2.17. The van der Waals surface area contributed by atoms with Crippen molar-refractivity contribution >= 4 is 28.8 Å². The third-order valence-corrected chi connectivity index (χ3v) is 3.30. The first kappa shape index (κ1) is 13.7. The van der Waals surface area contributed by atoms with E-state index in [1.807, 2.05) is 11.0 Å². The van der Waals surface area contributed by atoms with Crippen molar-refractivity contribution < 1.29 is 9.18 Å². The van der Waals surface area contributed by atoms with Crippen LogP contribution in [0.3, 0.4) is 0 Å². The number of piperazine rings is 1. The number of nitrogens with two attached hydrogens (primary N) is 1. The number of carbonyl (C=O) groups excluding carboxylic acids is 1. The smallest absolute Gasteiger partial charge is 0.229 e. The Bertz CT molecular complexity index is 487. The molecule has 0 spiro atoms. The second-order valence-electron chi connectivity index (χ2n) is 4.46. The molecule has 0 saturated carbocycles. The van der Waals surface area contributed by atoms with Crippen molar-refractivity contribution in [2.75, 3.05) is 31.1 Å². The number of thiocarbonyl (C=S) groups is 1. The lowest BCUT2D eigenvalue weighted by molar-refractivity contribution is -0.130. The molecule has 0 aromatic heterocycles. The minimum atomic E-state index is -0.231. The van der Waals surface area contributed by atoms with Crippen molar-refractivity contribution in [2.45, 2.75) is 6.42 Å². The molecule has 0 aliphatic carbocycles. The Balaban J connectivity index is 1.94. The summed E-state index contributed by atoms with van der Waals surface area (Å²) in [7, 11) is 0. The zero-order valence-corrected chi connectivity index (χ0v) is 11.3. The SMILES string of the molecule is NC(=S)CC(=O)N1CCN(c2ccccc2F)CC1. The van der Waals surface area contributed by atoms with Crippen LogP contribution in [-0.2, 0) is 4.79 Å². The number of hydrogen-bond donors (Lipinski definition) is 1.